The largest absolute Gasteiger partial charge is 0.496 e. The molecule has 116 valence electrons. The van der Waals surface area contributed by atoms with E-state index in [1.807, 2.05) is 6.07 Å². The van der Waals surface area contributed by atoms with Crippen LogP contribution in [0.4, 0.5) is 0 Å². The zero-order chi connectivity index (χ0) is 14.8. The van der Waals surface area contributed by atoms with E-state index in [0.717, 1.165) is 24.0 Å². The van der Waals surface area contributed by atoms with Crippen molar-refractivity contribution in [3.8, 4) is 5.75 Å². The van der Waals surface area contributed by atoms with Gasteiger partial charge in [-0.25, -0.2) is 0 Å². The fourth-order valence-electron chi connectivity index (χ4n) is 4.33. The summed E-state index contributed by atoms with van der Waals surface area (Å²) in [7, 11) is 1.76. The average Bonchev–Trinajstić information content (AvgIpc) is 3.09. The Labute approximate surface area is 128 Å². The number of para-hydroxylation sites is 1. The van der Waals surface area contributed by atoms with Crippen LogP contribution in [0.5, 0.6) is 5.75 Å². The highest BCUT2D eigenvalue weighted by Crippen LogP contribution is 2.43. The lowest BCUT2D eigenvalue weighted by Crippen LogP contribution is -2.40. The molecule has 2 aliphatic rings. The molecule has 0 spiro atoms. The van der Waals surface area contributed by atoms with Gasteiger partial charge in [-0.15, -0.1) is 0 Å². The molecule has 4 atom stereocenters. The molecule has 2 fully saturated rings. The molecular weight excluding hydrogens is 260 g/mol. The first kappa shape index (κ1) is 14.9. The summed E-state index contributed by atoms with van der Waals surface area (Å²) in [4.78, 5) is 2.63. The molecule has 1 heterocycles. The Morgan fingerprint density at radius 3 is 2.52 bits per heavy atom. The lowest BCUT2D eigenvalue weighted by atomic mass is 9.95. The van der Waals surface area contributed by atoms with Gasteiger partial charge in [0.05, 0.1) is 13.2 Å². The van der Waals surface area contributed by atoms with Gasteiger partial charge >= 0.3 is 0 Å². The van der Waals surface area contributed by atoms with Gasteiger partial charge in [0.1, 0.15) is 5.75 Å². The fourth-order valence-corrected chi connectivity index (χ4v) is 4.33. The number of hydrogen-bond donors (Lipinski definition) is 1. The maximum atomic E-state index is 6.51. The Balaban J connectivity index is 1.88. The number of nitrogens with zero attached hydrogens (tertiary/aromatic N) is 1. The van der Waals surface area contributed by atoms with Gasteiger partial charge in [-0.05, 0) is 37.2 Å². The molecule has 3 nitrogen and oxygen atoms in total. The SMILES string of the molecule is CCC(N)C(c1ccccc1OC)N1CC2CCCC2C1. The van der Waals surface area contributed by atoms with Gasteiger partial charge < -0.3 is 10.5 Å². The molecule has 1 aliphatic heterocycles. The van der Waals surface area contributed by atoms with E-state index in [4.69, 9.17) is 10.5 Å². The summed E-state index contributed by atoms with van der Waals surface area (Å²) >= 11 is 0. The number of nitrogens with two attached hydrogens (primary N) is 1. The standard InChI is InChI=1S/C18H28N2O/c1-3-16(19)18(15-9-4-5-10-17(15)21-2)20-11-13-7-6-8-14(13)12-20/h4-5,9-10,13-14,16,18H,3,6-8,11-12,19H2,1-2H3. The molecule has 3 rings (SSSR count). The second-order valence-electron chi connectivity index (χ2n) is 6.66. The van der Waals surface area contributed by atoms with Crippen LogP contribution >= 0.6 is 0 Å². The van der Waals surface area contributed by atoms with Crippen LogP contribution in [0.25, 0.3) is 0 Å². The van der Waals surface area contributed by atoms with Crippen molar-refractivity contribution < 1.29 is 4.74 Å². The minimum atomic E-state index is 0.167. The van der Waals surface area contributed by atoms with Gasteiger partial charge in [-0.1, -0.05) is 31.5 Å². The molecule has 3 heteroatoms. The predicted octanol–water partition coefficient (Wildman–Crippen LogP) is 3.21. The van der Waals surface area contributed by atoms with E-state index in [1.165, 1.54) is 37.9 Å². The van der Waals surface area contributed by atoms with Crippen molar-refractivity contribution in [2.45, 2.75) is 44.7 Å². The normalized spacial score (nSPS) is 28.3. The number of hydrogen-bond acceptors (Lipinski definition) is 3. The molecule has 0 aromatic heterocycles. The third kappa shape index (κ3) is 2.82. The lowest BCUT2D eigenvalue weighted by Gasteiger charge is -2.34. The summed E-state index contributed by atoms with van der Waals surface area (Å²) in [6.45, 7) is 4.60. The van der Waals surface area contributed by atoms with E-state index in [0.29, 0.717) is 0 Å². The van der Waals surface area contributed by atoms with Gasteiger partial charge in [-0.2, -0.15) is 0 Å². The molecule has 0 amide bonds. The summed E-state index contributed by atoms with van der Waals surface area (Å²) < 4.78 is 5.59. The van der Waals surface area contributed by atoms with Crippen molar-refractivity contribution in [1.29, 1.82) is 0 Å². The first-order chi connectivity index (χ1) is 10.2. The maximum Gasteiger partial charge on any atom is 0.123 e. The number of benzene rings is 1. The molecule has 0 bridgehead atoms. The Morgan fingerprint density at radius 2 is 1.90 bits per heavy atom. The van der Waals surface area contributed by atoms with Crippen LogP contribution < -0.4 is 10.5 Å². The van der Waals surface area contributed by atoms with E-state index < -0.39 is 0 Å². The minimum absolute atomic E-state index is 0.167. The number of rotatable bonds is 5. The Morgan fingerprint density at radius 1 is 1.24 bits per heavy atom. The molecule has 1 aromatic carbocycles. The summed E-state index contributed by atoms with van der Waals surface area (Å²) in [5.74, 6) is 2.76. The minimum Gasteiger partial charge on any atom is -0.496 e. The number of likely N-dealkylation sites (tertiary alicyclic amines) is 1. The van der Waals surface area contributed by atoms with Gasteiger partial charge in [0.25, 0.3) is 0 Å². The topological polar surface area (TPSA) is 38.5 Å². The second-order valence-corrected chi connectivity index (χ2v) is 6.66. The molecule has 21 heavy (non-hydrogen) atoms. The van der Waals surface area contributed by atoms with Crippen molar-refractivity contribution in [2.75, 3.05) is 20.2 Å². The first-order valence-electron chi connectivity index (χ1n) is 8.37. The summed E-state index contributed by atoms with van der Waals surface area (Å²) in [5.41, 5.74) is 7.76. The molecule has 0 radical (unpaired) electrons. The van der Waals surface area contributed by atoms with Crippen LogP contribution in [0, 0.1) is 11.8 Å². The zero-order valence-electron chi connectivity index (χ0n) is 13.3. The molecule has 1 aliphatic carbocycles. The lowest BCUT2D eigenvalue weighted by molar-refractivity contribution is 0.190. The van der Waals surface area contributed by atoms with E-state index in [2.05, 4.69) is 30.0 Å². The van der Waals surface area contributed by atoms with Gasteiger partial charge in [0, 0.05) is 24.7 Å². The summed E-state index contributed by atoms with van der Waals surface area (Å²) in [5, 5.41) is 0. The average molecular weight is 288 g/mol. The number of methoxy groups -OCH3 is 1. The van der Waals surface area contributed by atoms with Crippen LogP contribution in [0.1, 0.15) is 44.2 Å². The predicted molar refractivity (Wildman–Crippen MR) is 86.4 cm³/mol. The molecule has 1 saturated heterocycles. The molecule has 2 N–H and O–H groups in total. The Kier molecular flexibility index (Phi) is 4.51. The smallest absolute Gasteiger partial charge is 0.123 e. The van der Waals surface area contributed by atoms with E-state index in [9.17, 15) is 0 Å². The van der Waals surface area contributed by atoms with Crippen molar-refractivity contribution in [1.82, 2.24) is 4.90 Å². The quantitative estimate of drug-likeness (QED) is 0.904. The van der Waals surface area contributed by atoms with Gasteiger partial charge in [0.15, 0.2) is 0 Å². The summed E-state index contributed by atoms with van der Waals surface area (Å²) in [6.07, 6.45) is 5.22. The molecule has 4 unspecified atom stereocenters. The molecule has 1 saturated carbocycles. The van der Waals surface area contributed by atoms with Crippen LogP contribution in [0.15, 0.2) is 24.3 Å². The highest BCUT2D eigenvalue weighted by atomic mass is 16.5. The highest BCUT2D eigenvalue weighted by Gasteiger charge is 2.40. The van der Waals surface area contributed by atoms with Crippen molar-refractivity contribution in [3.05, 3.63) is 29.8 Å². The maximum absolute atomic E-state index is 6.51. The first-order valence-corrected chi connectivity index (χ1v) is 8.37. The van der Waals surface area contributed by atoms with Crippen molar-refractivity contribution >= 4 is 0 Å². The number of ether oxygens (including phenoxy) is 1. The second kappa shape index (κ2) is 6.37. The van der Waals surface area contributed by atoms with E-state index in [1.54, 1.807) is 7.11 Å². The third-order valence-electron chi connectivity index (χ3n) is 5.48. The Bertz CT molecular complexity index is 464. The zero-order valence-corrected chi connectivity index (χ0v) is 13.3. The third-order valence-corrected chi connectivity index (χ3v) is 5.48. The van der Waals surface area contributed by atoms with Gasteiger partial charge in [-0.3, -0.25) is 4.90 Å². The van der Waals surface area contributed by atoms with Crippen molar-refractivity contribution in [3.63, 3.8) is 0 Å². The van der Waals surface area contributed by atoms with Crippen molar-refractivity contribution in [2.24, 2.45) is 17.6 Å². The molecular formula is C18H28N2O. The van der Waals surface area contributed by atoms with Gasteiger partial charge in [0.2, 0.25) is 0 Å². The number of fused-ring (bicyclic) bond motifs is 1. The van der Waals surface area contributed by atoms with Crippen LogP contribution in [-0.2, 0) is 0 Å². The van der Waals surface area contributed by atoms with Crippen LogP contribution in [0.2, 0.25) is 0 Å². The highest BCUT2D eigenvalue weighted by molar-refractivity contribution is 5.37. The van der Waals surface area contributed by atoms with Crippen LogP contribution in [0.3, 0.4) is 0 Å². The Hall–Kier alpha value is -1.06. The monoisotopic (exact) mass is 288 g/mol. The van der Waals surface area contributed by atoms with E-state index >= 15 is 0 Å². The van der Waals surface area contributed by atoms with E-state index in [-0.39, 0.29) is 12.1 Å². The summed E-state index contributed by atoms with van der Waals surface area (Å²) in [6, 6.07) is 8.84. The molecule has 1 aromatic rings. The van der Waals surface area contributed by atoms with Crippen LogP contribution in [-0.4, -0.2) is 31.1 Å². The fraction of sp³-hybridized carbons (Fsp3) is 0.667.